The van der Waals surface area contributed by atoms with Crippen LogP contribution in [0.3, 0.4) is 0 Å². The largest absolute Gasteiger partial charge is 0.309 e. The summed E-state index contributed by atoms with van der Waals surface area (Å²) in [6.45, 7) is 9.68. The molecule has 5 nitrogen and oxygen atoms in total. The summed E-state index contributed by atoms with van der Waals surface area (Å²) in [6, 6.07) is 76.4. The van der Waals surface area contributed by atoms with E-state index in [0.29, 0.717) is 17.5 Å². The Morgan fingerprint density at radius 3 is 1.10 bits per heavy atom. The molecule has 3 aromatic heterocycles. The highest BCUT2D eigenvalue weighted by atomic mass is 15.0. The van der Waals surface area contributed by atoms with E-state index in [1.165, 1.54) is 71.5 Å². The highest BCUT2D eigenvalue weighted by Crippen LogP contribution is 2.53. The van der Waals surface area contributed by atoms with Crippen LogP contribution in [0.15, 0.2) is 212 Å². The highest BCUT2D eigenvalue weighted by Gasteiger charge is 2.43. The minimum absolute atomic E-state index is 0.301. The van der Waals surface area contributed by atoms with Gasteiger partial charge in [0.15, 0.2) is 17.5 Å². The molecule has 0 aliphatic heterocycles. The van der Waals surface area contributed by atoms with Crippen LogP contribution in [0, 0.1) is 0 Å². The summed E-state index contributed by atoms with van der Waals surface area (Å²) in [5.74, 6) is 1.92. The van der Waals surface area contributed by atoms with Crippen LogP contribution in [0.1, 0.15) is 49.9 Å². The van der Waals surface area contributed by atoms with Gasteiger partial charge in [0, 0.05) is 60.4 Å². The van der Waals surface area contributed by atoms with Crippen molar-refractivity contribution >= 4 is 43.6 Å². The minimum atomic E-state index is -0.311. The maximum absolute atomic E-state index is 5.10. The molecule has 0 saturated heterocycles. The van der Waals surface area contributed by atoms with Gasteiger partial charge in [-0.3, -0.25) is 0 Å². The second-order valence-corrected chi connectivity index (χ2v) is 19.3. The molecule has 0 spiro atoms. The topological polar surface area (TPSA) is 48.5 Å². The van der Waals surface area contributed by atoms with Crippen molar-refractivity contribution < 1.29 is 0 Å². The van der Waals surface area contributed by atoms with Crippen LogP contribution < -0.4 is 0 Å². The lowest BCUT2D eigenvalue weighted by Crippen LogP contribution is -2.36. The van der Waals surface area contributed by atoms with Crippen LogP contribution in [0.2, 0.25) is 0 Å². The molecule has 13 rings (SSSR count). The smallest absolute Gasteiger partial charge is 0.164 e. The van der Waals surface area contributed by atoms with Gasteiger partial charge in [0.25, 0.3) is 0 Å². The third kappa shape index (κ3) is 6.12. The first kappa shape index (κ1) is 39.9. The van der Waals surface area contributed by atoms with Gasteiger partial charge in [0.1, 0.15) is 0 Å². The van der Waals surface area contributed by atoms with E-state index in [0.717, 1.165) is 33.6 Å². The fourth-order valence-electron chi connectivity index (χ4n) is 11.1. The van der Waals surface area contributed by atoms with Crippen molar-refractivity contribution in [1.29, 1.82) is 0 Å². The molecule has 0 bridgehead atoms. The number of nitrogens with zero attached hydrogens (tertiary/aromatic N) is 5. The van der Waals surface area contributed by atoms with Crippen molar-refractivity contribution in [2.45, 2.75) is 38.5 Å². The molecule has 5 heteroatoms. The van der Waals surface area contributed by atoms with Crippen molar-refractivity contribution in [3.05, 3.63) is 235 Å². The van der Waals surface area contributed by atoms with E-state index >= 15 is 0 Å². The zero-order chi connectivity index (χ0) is 45.7. The Bertz CT molecular complexity index is 3900. The number of benzene rings is 9. The predicted molar refractivity (Wildman–Crippen MR) is 281 cm³/mol. The van der Waals surface area contributed by atoms with Crippen LogP contribution in [-0.2, 0) is 10.8 Å². The molecule has 0 saturated carbocycles. The van der Waals surface area contributed by atoms with Crippen LogP contribution in [-0.4, -0.2) is 24.1 Å². The first-order chi connectivity index (χ1) is 33.2. The van der Waals surface area contributed by atoms with Gasteiger partial charge in [0.05, 0.1) is 22.1 Å². The third-order valence-electron chi connectivity index (χ3n) is 14.6. The van der Waals surface area contributed by atoms with Crippen molar-refractivity contribution in [3.8, 4) is 56.7 Å². The molecule has 12 aromatic rings. The Kier molecular flexibility index (Phi) is 8.84. The number of hydrogen-bond acceptors (Lipinski definition) is 3. The summed E-state index contributed by atoms with van der Waals surface area (Å²) in [5.41, 5.74) is 17.0. The Morgan fingerprint density at radius 2 is 0.632 bits per heavy atom. The summed E-state index contributed by atoms with van der Waals surface area (Å²) in [6.07, 6.45) is 0. The molecule has 324 valence electrons. The van der Waals surface area contributed by atoms with Gasteiger partial charge in [-0.1, -0.05) is 179 Å². The monoisotopic (exact) mass is 873 g/mol. The van der Waals surface area contributed by atoms with Crippen LogP contribution >= 0.6 is 0 Å². The first-order valence-electron chi connectivity index (χ1n) is 23.5. The standard InChI is InChI=1S/C63H47N5/c1-62(2)52-37-50-48-31-15-17-33-56(48)68(46-29-19-27-44(35-46)61-65-59(41-22-10-6-11-23-41)64-60(66-61)42-24-12-7-13-25-42)58(50)39-54(52)63(3,4)51-36-49-47-30-14-16-32-55(47)67(57(49)38-53(51)62)45-28-18-26-43(34-45)40-20-8-5-9-21-40/h5-39H,1-4H3. The molecule has 68 heavy (non-hydrogen) atoms. The quantitative estimate of drug-likeness (QED) is 0.167. The molecule has 9 aromatic carbocycles. The Hall–Kier alpha value is -8.41. The average Bonchev–Trinajstić information content (AvgIpc) is 3.90. The normalized spacial score (nSPS) is 13.8. The molecule has 0 radical (unpaired) electrons. The lowest BCUT2D eigenvalue weighted by Gasteiger charge is -2.44. The van der Waals surface area contributed by atoms with Gasteiger partial charge >= 0.3 is 0 Å². The summed E-state index contributed by atoms with van der Waals surface area (Å²) in [4.78, 5) is 15.2. The van der Waals surface area contributed by atoms with E-state index in [2.05, 4.69) is 213 Å². The average molecular weight is 874 g/mol. The summed E-state index contributed by atoms with van der Waals surface area (Å²) in [5, 5.41) is 4.99. The molecule has 0 amide bonds. The van der Waals surface area contributed by atoms with E-state index in [-0.39, 0.29) is 10.8 Å². The third-order valence-corrected chi connectivity index (χ3v) is 14.6. The number of aromatic nitrogens is 5. The molecule has 0 atom stereocenters. The second-order valence-electron chi connectivity index (χ2n) is 19.3. The zero-order valence-corrected chi connectivity index (χ0v) is 38.4. The van der Waals surface area contributed by atoms with E-state index in [1.54, 1.807) is 0 Å². The van der Waals surface area contributed by atoms with E-state index in [9.17, 15) is 0 Å². The minimum Gasteiger partial charge on any atom is -0.309 e. The molecule has 0 fully saturated rings. The fourth-order valence-corrected chi connectivity index (χ4v) is 11.1. The van der Waals surface area contributed by atoms with Crippen LogP contribution in [0.4, 0.5) is 0 Å². The number of para-hydroxylation sites is 2. The van der Waals surface area contributed by atoms with Crippen molar-refractivity contribution in [2.24, 2.45) is 0 Å². The Balaban J connectivity index is 0.992. The van der Waals surface area contributed by atoms with Crippen molar-refractivity contribution in [1.82, 2.24) is 24.1 Å². The number of fused-ring (bicyclic) bond motifs is 8. The summed E-state index contributed by atoms with van der Waals surface area (Å²) < 4.78 is 4.91. The number of rotatable bonds is 6. The van der Waals surface area contributed by atoms with Crippen molar-refractivity contribution in [3.63, 3.8) is 0 Å². The Labute approximate surface area is 395 Å². The van der Waals surface area contributed by atoms with Gasteiger partial charge in [-0.05, 0) is 94.0 Å². The highest BCUT2D eigenvalue weighted by molar-refractivity contribution is 6.12. The SMILES string of the molecule is CC1(C)c2cc3c4ccccc4n(-c4cccc(-c5ccccc5)c4)c3cc2C(C)(C)c2cc3c4ccccc4n(-c4cccc(-c5nc(-c6ccccc6)nc(-c6ccccc6)n5)c4)c3cc21. The van der Waals surface area contributed by atoms with Crippen molar-refractivity contribution in [2.75, 3.05) is 0 Å². The second kappa shape index (κ2) is 15.1. The predicted octanol–water partition coefficient (Wildman–Crippen LogP) is 15.7. The summed E-state index contributed by atoms with van der Waals surface area (Å²) in [7, 11) is 0. The molecular formula is C63H47N5. The van der Waals surface area contributed by atoms with Gasteiger partial charge in [0.2, 0.25) is 0 Å². The fraction of sp³-hybridized carbons (Fsp3) is 0.0952. The molecule has 1 aliphatic rings. The van der Waals surface area contributed by atoms with E-state index in [4.69, 9.17) is 15.0 Å². The van der Waals surface area contributed by atoms with Gasteiger partial charge in [-0.25, -0.2) is 15.0 Å². The Morgan fingerprint density at radius 1 is 0.279 bits per heavy atom. The maximum Gasteiger partial charge on any atom is 0.164 e. The molecule has 0 unspecified atom stereocenters. The van der Waals surface area contributed by atoms with Crippen LogP contribution in [0.25, 0.3) is 100 Å². The van der Waals surface area contributed by atoms with Gasteiger partial charge in [-0.15, -0.1) is 0 Å². The van der Waals surface area contributed by atoms with Crippen LogP contribution in [0.5, 0.6) is 0 Å². The maximum atomic E-state index is 5.10. The van der Waals surface area contributed by atoms with E-state index < -0.39 is 0 Å². The molecule has 0 N–H and O–H groups in total. The number of hydrogen-bond donors (Lipinski definition) is 0. The summed E-state index contributed by atoms with van der Waals surface area (Å²) >= 11 is 0. The lowest BCUT2D eigenvalue weighted by atomic mass is 9.59. The zero-order valence-electron chi connectivity index (χ0n) is 38.4. The first-order valence-corrected chi connectivity index (χ1v) is 23.5. The molecule has 1 aliphatic carbocycles. The van der Waals surface area contributed by atoms with Gasteiger partial charge < -0.3 is 9.13 Å². The molecule has 3 heterocycles. The lowest BCUT2D eigenvalue weighted by molar-refractivity contribution is 0.523. The molecular weight excluding hydrogens is 827 g/mol. The van der Waals surface area contributed by atoms with Gasteiger partial charge in [-0.2, -0.15) is 0 Å². The van der Waals surface area contributed by atoms with E-state index in [1.807, 2.05) is 36.4 Å².